The molecule has 1 fully saturated rings. The molecule has 1 aromatic carbocycles. The number of carbonyl (C=O) groups excluding carboxylic acids is 1. The first kappa shape index (κ1) is 19.2. The molecule has 1 saturated heterocycles. The Labute approximate surface area is 158 Å². The standard InChI is InChI=1S/C18H22N4O4S/c1-13-10-16(26-3)17(11-14(13)2)27(24,25)22-8-6-21(7-9-22)18(23)15-12-19-4-5-20-15/h4-5,10-12H,6-9H2,1-3H3. The number of benzene rings is 1. The third-order valence-corrected chi connectivity index (χ3v) is 6.63. The number of ether oxygens (including phenoxy) is 1. The van der Waals surface area contributed by atoms with Gasteiger partial charge in [-0.3, -0.25) is 9.78 Å². The third kappa shape index (κ3) is 3.79. The normalized spacial score (nSPS) is 15.6. The van der Waals surface area contributed by atoms with Crippen molar-refractivity contribution in [2.75, 3.05) is 33.3 Å². The summed E-state index contributed by atoms with van der Waals surface area (Å²) in [7, 11) is -2.26. The van der Waals surface area contributed by atoms with Gasteiger partial charge >= 0.3 is 0 Å². The van der Waals surface area contributed by atoms with Crippen molar-refractivity contribution >= 4 is 15.9 Å². The molecule has 0 radical (unpaired) electrons. The topological polar surface area (TPSA) is 92.7 Å². The van der Waals surface area contributed by atoms with E-state index in [1.807, 2.05) is 13.8 Å². The highest BCUT2D eigenvalue weighted by Gasteiger charge is 2.33. The molecule has 8 nitrogen and oxygen atoms in total. The highest BCUT2D eigenvalue weighted by Crippen LogP contribution is 2.30. The zero-order chi connectivity index (χ0) is 19.6. The fourth-order valence-electron chi connectivity index (χ4n) is 2.97. The van der Waals surface area contributed by atoms with E-state index in [9.17, 15) is 13.2 Å². The summed E-state index contributed by atoms with van der Waals surface area (Å²) in [6.07, 6.45) is 4.36. The number of nitrogens with zero attached hydrogens (tertiary/aromatic N) is 4. The van der Waals surface area contributed by atoms with E-state index in [4.69, 9.17) is 4.74 Å². The predicted molar refractivity (Wildman–Crippen MR) is 99.2 cm³/mol. The first-order chi connectivity index (χ1) is 12.8. The quantitative estimate of drug-likeness (QED) is 0.780. The SMILES string of the molecule is COc1cc(C)c(C)cc1S(=O)(=O)N1CCN(C(=O)c2cnccn2)CC1. The van der Waals surface area contributed by atoms with Gasteiger partial charge in [-0.1, -0.05) is 0 Å². The average Bonchev–Trinajstić information content (AvgIpc) is 2.69. The Morgan fingerprint density at radius 1 is 1.07 bits per heavy atom. The molecule has 27 heavy (non-hydrogen) atoms. The number of sulfonamides is 1. The number of hydrogen-bond donors (Lipinski definition) is 0. The lowest BCUT2D eigenvalue weighted by atomic mass is 10.1. The van der Waals surface area contributed by atoms with Crippen LogP contribution in [0.5, 0.6) is 5.75 Å². The second kappa shape index (κ2) is 7.61. The van der Waals surface area contributed by atoms with E-state index in [-0.39, 0.29) is 29.6 Å². The number of aryl methyl sites for hydroxylation is 2. The minimum absolute atomic E-state index is 0.154. The number of rotatable bonds is 4. The van der Waals surface area contributed by atoms with Crippen LogP contribution in [0.25, 0.3) is 0 Å². The summed E-state index contributed by atoms with van der Waals surface area (Å²) >= 11 is 0. The van der Waals surface area contributed by atoms with Crippen LogP contribution in [0, 0.1) is 13.8 Å². The van der Waals surface area contributed by atoms with Gasteiger partial charge in [0.25, 0.3) is 5.91 Å². The molecule has 0 spiro atoms. The lowest BCUT2D eigenvalue weighted by Gasteiger charge is -2.34. The fraction of sp³-hybridized carbons (Fsp3) is 0.389. The molecule has 144 valence electrons. The van der Waals surface area contributed by atoms with Crippen molar-refractivity contribution in [3.8, 4) is 5.75 Å². The minimum Gasteiger partial charge on any atom is -0.495 e. The second-order valence-electron chi connectivity index (χ2n) is 6.37. The van der Waals surface area contributed by atoms with E-state index in [1.54, 1.807) is 17.0 Å². The largest absolute Gasteiger partial charge is 0.495 e. The van der Waals surface area contributed by atoms with Crippen molar-refractivity contribution in [1.82, 2.24) is 19.2 Å². The van der Waals surface area contributed by atoms with E-state index in [1.165, 1.54) is 30.0 Å². The molecule has 2 aromatic rings. The van der Waals surface area contributed by atoms with Crippen LogP contribution < -0.4 is 4.74 Å². The monoisotopic (exact) mass is 390 g/mol. The van der Waals surface area contributed by atoms with E-state index in [2.05, 4.69) is 9.97 Å². The van der Waals surface area contributed by atoms with Crippen LogP contribution in [0.4, 0.5) is 0 Å². The molecular weight excluding hydrogens is 368 g/mol. The van der Waals surface area contributed by atoms with Gasteiger partial charge in [-0.05, 0) is 37.1 Å². The van der Waals surface area contributed by atoms with Crippen LogP contribution in [-0.2, 0) is 10.0 Å². The summed E-state index contributed by atoms with van der Waals surface area (Å²) in [5, 5.41) is 0. The zero-order valence-corrected chi connectivity index (χ0v) is 16.4. The van der Waals surface area contributed by atoms with Crippen molar-refractivity contribution in [3.05, 3.63) is 47.5 Å². The summed E-state index contributed by atoms with van der Waals surface area (Å²) in [4.78, 5) is 22.1. The lowest BCUT2D eigenvalue weighted by Crippen LogP contribution is -2.50. The van der Waals surface area contributed by atoms with E-state index >= 15 is 0 Å². The molecule has 1 aliphatic rings. The Hall–Kier alpha value is -2.52. The number of methoxy groups -OCH3 is 1. The number of piperazine rings is 1. The van der Waals surface area contributed by atoms with Gasteiger partial charge in [0, 0.05) is 38.6 Å². The summed E-state index contributed by atoms with van der Waals surface area (Å²) in [6.45, 7) is 4.79. The van der Waals surface area contributed by atoms with Gasteiger partial charge in [0.15, 0.2) is 0 Å². The van der Waals surface area contributed by atoms with E-state index < -0.39 is 10.0 Å². The van der Waals surface area contributed by atoms with E-state index in [0.29, 0.717) is 18.8 Å². The Balaban J connectivity index is 1.78. The zero-order valence-electron chi connectivity index (χ0n) is 15.5. The van der Waals surface area contributed by atoms with Gasteiger partial charge in [0.05, 0.1) is 13.3 Å². The fourth-order valence-corrected chi connectivity index (χ4v) is 4.61. The van der Waals surface area contributed by atoms with Crippen molar-refractivity contribution in [2.45, 2.75) is 18.7 Å². The van der Waals surface area contributed by atoms with E-state index in [0.717, 1.165) is 11.1 Å². The van der Waals surface area contributed by atoms with Gasteiger partial charge in [0.2, 0.25) is 10.0 Å². The first-order valence-corrected chi connectivity index (χ1v) is 9.99. The molecule has 3 rings (SSSR count). The van der Waals surface area contributed by atoms with Crippen LogP contribution in [0.1, 0.15) is 21.6 Å². The number of carbonyl (C=O) groups is 1. The Kier molecular flexibility index (Phi) is 5.43. The van der Waals surface area contributed by atoms with Gasteiger partial charge < -0.3 is 9.64 Å². The van der Waals surface area contributed by atoms with Crippen LogP contribution in [0.15, 0.2) is 35.6 Å². The van der Waals surface area contributed by atoms with Crippen LogP contribution >= 0.6 is 0 Å². The van der Waals surface area contributed by atoms with Crippen LogP contribution in [0.2, 0.25) is 0 Å². The van der Waals surface area contributed by atoms with Crippen LogP contribution in [0.3, 0.4) is 0 Å². The molecule has 1 amide bonds. The van der Waals surface area contributed by atoms with Crippen molar-refractivity contribution in [1.29, 1.82) is 0 Å². The summed E-state index contributed by atoms with van der Waals surface area (Å²) in [6, 6.07) is 3.37. The molecule has 9 heteroatoms. The molecule has 0 saturated carbocycles. The molecule has 0 atom stereocenters. The molecule has 0 unspecified atom stereocenters. The maximum Gasteiger partial charge on any atom is 0.274 e. The van der Waals surface area contributed by atoms with Crippen molar-refractivity contribution in [3.63, 3.8) is 0 Å². The number of hydrogen-bond acceptors (Lipinski definition) is 6. The van der Waals surface area contributed by atoms with Gasteiger partial charge in [-0.25, -0.2) is 13.4 Å². The average molecular weight is 390 g/mol. The molecule has 0 N–H and O–H groups in total. The maximum atomic E-state index is 13.1. The van der Waals surface area contributed by atoms with Gasteiger partial charge in [0.1, 0.15) is 16.3 Å². The summed E-state index contributed by atoms with van der Waals surface area (Å²) in [5.74, 6) is 0.0834. The highest BCUT2D eigenvalue weighted by molar-refractivity contribution is 7.89. The third-order valence-electron chi connectivity index (χ3n) is 4.71. The van der Waals surface area contributed by atoms with Crippen LogP contribution in [-0.4, -0.2) is 66.8 Å². The van der Waals surface area contributed by atoms with Crippen molar-refractivity contribution < 1.29 is 17.9 Å². The number of amides is 1. The predicted octanol–water partition coefficient (Wildman–Crippen LogP) is 1.25. The molecule has 1 aromatic heterocycles. The van der Waals surface area contributed by atoms with Crippen molar-refractivity contribution in [2.24, 2.45) is 0 Å². The molecule has 2 heterocycles. The molecule has 0 bridgehead atoms. The van der Waals surface area contributed by atoms with Gasteiger partial charge in [-0.2, -0.15) is 4.31 Å². The van der Waals surface area contributed by atoms with Gasteiger partial charge in [-0.15, -0.1) is 0 Å². The Bertz CT molecular complexity index is 939. The smallest absolute Gasteiger partial charge is 0.274 e. The summed E-state index contributed by atoms with van der Waals surface area (Å²) < 4.78 is 32.9. The molecular formula is C18H22N4O4S. The minimum atomic E-state index is -3.72. The second-order valence-corrected chi connectivity index (χ2v) is 8.28. The maximum absolute atomic E-state index is 13.1. The number of aromatic nitrogens is 2. The summed E-state index contributed by atoms with van der Waals surface area (Å²) in [5.41, 5.74) is 2.10. The Morgan fingerprint density at radius 2 is 1.74 bits per heavy atom. The first-order valence-electron chi connectivity index (χ1n) is 8.55. The molecule has 1 aliphatic heterocycles. The molecule has 0 aliphatic carbocycles. The Morgan fingerprint density at radius 3 is 2.33 bits per heavy atom. The highest BCUT2D eigenvalue weighted by atomic mass is 32.2. The lowest BCUT2D eigenvalue weighted by molar-refractivity contribution is 0.0691.